The van der Waals surface area contributed by atoms with Gasteiger partial charge in [0.1, 0.15) is 12.1 Å². The van der Waals surface area contributed by atoms with Gasteiger partial charge in [0.15, 0.2) is 0 Å². The van der Waals surface area contributed by atoms with E-state index in [9.17, 15) is 14.7 Å². The van der Waals surface area contributed by atoms with Gasteiger partial charge in [-0.1, -0.05) is 103 Å². The van der Waals surface area contributed by atoms with Crippen LogP contribution in [-0.4, -0.2) is 34.0 Å². The van der Waals surface area contributed by atoms with Crippen molar-refractivity contribution in [1.29, 1.82) is 0 Å². The van der Waals surface area contributed by atoms with Gasteiger partial charge in [-0.2, -0.15) is 0 Å². The molecule has 0 saturated carbocycles. The van der Waals surface area contributed by atoms with E-state index < -0.39 is 18.1 Å². The summed E-state index contributed by atoms with van der Waals surface area (Å²) < 4.78 is 0. The molecular formula is C31H32N2O3. The smallest absolute Gasteiger partial charge is 0.321 e. The largest absolute Gasteiger partial charge is 0.480 e. The van der Waals surface area contributed by atoms with Crippen LogP contribution >= 0.6 is 0 Å². The number of aliphatic carboxylic acids is 1. The van der Waals surface area contributed by atoms with Crippen LogP contribution in [0.3, 0.4) is 0 Å². The standard InChI is InChI=1S/C31H32N2O3/c1-22(2)32-30(34)29(27-19-11-17-25-16-9-10-18-26(25)27)33(21-24-14-7-4-8-15-24)28(31(35)36)20-23-12-5-3-6-13-23/h3-19,22,28-29H,20-21H2,1-2H3,(H,32,34)(H,35,36). The van der Waals surface area contributed by atoms with Crippen LogP contribution in [0.2, 0.25) is 0 Å². The van der Waals surface area contributed by atoms with E-state index in [1.54, 1.807) is 0 Å². The number of benzene rings is 4. The van der Waals surface area contributed by atoms with E-state index in [1.165, 1.54) is 0 Å². The predicted molar refractivity (Wildman–Crippen MR) is 144 cm³/mol. The zero-order chi connectivity index (χ0) is 25.5. The fourth-order valence-corrected chi connectivity index (χ4v) is 4.68. The highest BCUT2D eigenvalue weighted by atomic mass is 16.4. The minimum Gasteiger partial charge on any atom is -0.480 e. The molecule has 0 spiro atoms. The van der Waals surface area contributed by atoms with Crippen molar-refractivity contribution in [2.24, 2.45) is 0 Å². The van der Waals surface area contributed by atoms with E-state index in [4.69, 9.17) is 0 Å². The highest BCUT2D eigenvalue weighted by molar-refractivity contribution is 5.93. The summed E-state index contributed by atoms with van der Waals surface area (Å²) in [6, 6.07) is 31.3. The molecule has 0 aliphatic carbocycles. The zero-order valence-corrected chi connectivity index (χ0v) is 20.7. The third kappa shape index (κ3) is 5.99. The molecule has 2 unspecified atom stereocenters. The van der Waals surface area contributed by atoms with Gasteiger partial charge >= 0.3 is 5.97 Å². The Labute approximate surface area is 212 Å². The SMILES string of the molecule is CC(C)NC(=O)C(c1cccc2ccccc12)N(Cc1ccccc1)C(Cc1ccccc1)C(=O)O. The van der Waals surface area contributed by atoms with Crippen LogP contribution in [0.15, 0.2) is 103 Å². The van der Waals surface area contributed by atoms with Crippen molar-refractivity contribution in [2.45, 2.75) is 44.9 Å². The molecule has 0 fully saturated rings. The van der Waals surface area contributed by atoms with Crippen molar-refractivity contribution in [3.63, 3.8) is 0 Å². The lowest BCUT2D eigenvalue weighted by atomic mass is 9.93. The Bertz CT molecular complexity index is 1300. The summed E-state index contributed by atoms with van der Waals surface area (Å²) in [5, 5.41) is 15.5. The number of carboxylic acids is 1. The number of nitrogens with zero attached hydrogens (tertiary/aromatic N) is 1. The quantitative estimate of drug-likeness (QED) is 0.310. The number of nitrogens with one attached hydrogen (secondary N) is 1. The van der Waals surface area contributed by atoms with Crippen LogP contribution in [0.1, 0.15) is 36.6 Å². The Morgan fingerprint density at radius 3 is 2.00 bits per heavy atom. The maximum absolute atomic E-state index is 13.9. The molecule has 2 atom stereocenters. The van der Waals surface area contributed by atoms with Crippen LogP contribution in [0.4, 0.5) is 0 Å². The summed E-state index contributed by atoms with van der Waals surface area (Å²) in [5.74, 6) is -1.17. The molecule has 1 amide bonds. The molecule has 36 heavy (non-hydrogen) atoms. The van der Waals surface area contributed by atoms with Crippen molar-refractivity contribution in [2.75, 3.05) is 0 Å². The number of rotatable bonds is 10. The van der Waals surface area contributed by atoms with E-state index in [0.29, 0.717) is 6.54 Å². The van der Waals surface area contributed by atoms with Crippen molar-refractivity contribution in [1.82, 2.24) is 10.2 Å². The lowest BCUT2D eigenvalue weighted by Crippen LogP contribution is -2.50. The molecule has 4 aromatic carbocycles. The van der Waals surface area contributed by atoms with Crippen molar-refractivity contribution in [3.05, 3.63) is 120 Å². The van der Waals surface area contributed by atoms with E-state index in [0.717, 1.165) is 27.5 Å². The molecule has 0 radical (unpaired) electrons. The highest BCUT2D eigenvalue weighted by Crippen LogP contribution is 2.32. The topological polar surface area (TPSA) is 69.6 Å². The Morgan fingerprint density at radius 1 is 0.778 bits per heavy atom. The third-order valence-electron chi connectivity index (χ3n) is 6.29. The molecular weight excluding hydrogens is 448 g/mol. The van der Waals surface area contributed by atoms with E-state index in [1.807, 2.05) is 122 Å². The molecule has 2 N–H and O–H groups in total. The molecule has 0 aliphatic heterocycles. The number of fused-ring (bicyclic) bond motifs is 1. The second-order valence-corrected chi connectivity index (χ2v) is 9.34. The fourth-order valence-electron chi connectivity index (χ4n) is 4.68. The minimum absolute atomic E-state index is 0.0917. The third-order valence-corrected chi connectivity index (χ3v) is 6.29. The predicted octanol–water partition coefficient (Wildman–Crippen LogP) is 5.60. The average Bonchev–Trinajstić information content (AvgIpc) is 2.88. The van der Waals surface area contributed by atoms with Gasteiger partial charge in [-0.15, -0.1) is 0 Å². The molecule has 0 bridgehead atoms. The number of amides is 1. The maximum Gasteiger partial charge on any atom is 0.321 e. The van der Waals surface area contributed by atoms with Crippen LogP contribution in [0.5, 0.6) is 0 Å². The molecule has 0 heterocycles. The molecule has 0 aromatic heterocycles. The second kappa shape index (κ2) is 11.6. The molecule has 4 aromatic rings. The van der Waals surface area contributed by atoms with Gasteiger partial charge in [0.05, 0.1) is 0 Å². The van der Waals surface area contributed by atoms with Crippen LogP contribution in [0, 0.1) is 0 Å². The summed E-state index contributed by atoms with van der Waals surface area (Å²) in [4.78, 5) is 28.5. The molecule has 184 valence electrons. The van der Waals surface area contributed by atoms with Gasteiger partial charge in [0, 0.05) is 12.6 Å². The lowest BCUT2D eigenvalue weighted by Gasteiger charge is -2.36. The van der Waals surface area contributed by atoms with Gasteiger partial charge in [-0.25, -0.2) is 0 Å². The molecule has 5 nitrogen and oxygen atoms in total. The average molecular weight is 481 g/mol. The first-order chi connectivity index (χ1) is 17.4. The summed E-state index contributed by atoms with van der Waals surface area (Å²) in [5.41, 5.74) is 2.64. The maximum atomic E-state index is 13.9. The van der Waals surface area contributed by atoms with E-state index in [-0.39, 0.29) is 18.4 Å². The van der Waals surface area contributed by atoms with E-state index in [2.05, 4.69) is 5.32 Å². The Kier molecular flexibility index (Phi) is 8.13. The summed E-state index contributed by atoms with van der Waals surface area (Å²) in [6.07, 6.45) is 0.277. The Morgan fingerprint density at radius 2 is 1.36 bits per heavy atom. The lowest BCUT2D eigenvalue weighted by molar-refractivity contribution is -0.146. The highest BCUT2D eigenvalue weighted by Gasteiger charge is 2.37. The van der Waals surface area contributed by atoms with Gasteiger partial charge < -0.3 is 10.4 Å². The van der Waals surface area contributed by atoms with Crippen molar-refractivity contribution < 1.29 is 14.7 Å². The first-order valence-corrected chi connectivity index (χ1v) is 12.3. The van der Waals surface area contributed by atoms with Crippen LogP contribution < -0.4 is 5.32 Å². The number of carboxylic acid groups (broad SMARTS) is 1. The van der Waals surface area contributed by atoms with Gasteiger partial charge in [0.2, 0.25) is 5.91 Å². The Hall–Kier alpha value is -3.96. The summed E-state index contributed by atoms with van der Waals surface area (Å²) in [7, 11) is 0. The number of carbonyl (C=O) groups is 2. The first-order valence-electron chi connectivity index (χ1n) is 12.3. The number of hydrogen-bond acceptors (Lipinski definition) is 3. The summed E-state index contributed by atoms with van der Waals surface area (Å²) in [6.45, 7) is 4.14. The number of hydrogen-bond donors (Lipinski definition) is 2. The molecule has 0 saturated heterocycles. The molecule has 4 rings (SSSR count). The van der Waals surface area contributed by atoms with Crippen LogP contribution in [0.25, 0.3) is 10.8 Å². The first kappa shape index (κ1) is 25.1. The number of carbonyl (C=O) groups excluding carboxylic acids is 1. The normalized spacial score (nSPS) is 13.0. The zero-order valence-electron chi connectivity index (χ0n) is 20.7. The van der Waals surface area contributed by atoms with Gasteiger partial charge in [-0.05, 0) is 47.7 Å². The molecule has 0 aliphatic rings. The van der Waals surface area contributed by atoms with E-state index >= 15 is 0 Å². The van der Waals surface area contributed by atoms with Crippen molar-refractivity contribution in [3.8, 4) is 0 Å². The monoisotopic (exact) mass is 480 g/mol. The minimum atomic E-state index is -0.961. The van der Waals surface area contributed by atoms with Gasteiger partial charge in [-0.3, -0.25) is 14.5 Å². The van der Waals surface area contributed by atoms with Gasteiger partial charge in [0.25, 0.3) is 0 Å². The fraction of sp³-hybridized carbons (Fsp3) is 0.226. The Balaban J connectivity index is 1.89. The van der Waals surface area contributed by atoms with Crippen molar-refractivity contribution >= 4 is 22.6 Å². The summed E-state index contributed by atoms with van der Waals surface area (Å²) >= 11 is 0. The molecule has 5 heteroatoms. The van der Waals surface area contributed by atoms with Crippen LogP contribution in [-0.2, 0) is 22.6 Å². The second-order valence-electron chi connectivity index (χ2n) is 9.34.